The number of hydrogen-bond acceptors (Lipinski definition) is 3. The van der Waals surface area contributed by atoms with Crippen LogP contribution in [0.15, 0.2) is 24.4 Å². The van der Waals surface area contributed by atoms with E-state index in [-0.39, 0.29) is 11.3 Å². The molecule has 2 heterocycles. The van der Waals surface area contributed by atoms with Crippen LogP contribution >= 0.6 is 0 Å². The molecule has 2 aromatic rings. The molecule has 4 nitrogen and oxygen atoms in total. The third kappa shape index (κ3) is 1.08. The molecule has 3 N–H and O–H groups in total. The van der Waals surface area contributed by atoms with E-state index in [1.54, 1.807) is 16.7 Å². The van der Waals surface area contributed by atoms with Crippen LogP contribution in [0.25, 0.3) is 5.52 Å². The first-order valence-corrected chi connectivity index (χ1v) is 5.13. The predicted molar refractivity (Wildman–Crippen MR) is 56.8 cm³/mol. The molecule has 0 radical (unpaired) electrons. The van der Waals surface area contributed by atoms with Gasteiger partial charge in [-0.1, -0.05) is 6.07 Å². The highest BCUT2D eigenvalue weighted by Gasteiger charge is 2.46. The number of fused-ring (bicyclic) bond motifs is 1. The van der Waals surface area contributed by atoms with Gasteiger partial charge in [-0.25, -0.2) is 4.98 Å². The fourth-order valence-electron chi connectivity index (χ4n) is 2.07. The fourth-order valence-corrected chi connectivity index (χ4v) is 2.07. The Morgan fingerprint density at radius 1 is 1.47 bits per heavy atom. The average Bonchev–Trinajstić information content (AvgIpc) is 2.92. The Kier molecular flexibility index (Phi) is 1.59. The van der Waals surface area contributed by atoms with Gasteiger partial charge in [0.25, 0.3) is 0 Å². The van der Waals surface area contributed by atoms with Crippen LogP contribution in [0.4, 0.5) is 0 Å². The van der Waals surface area contributed by atoms with E-state index in [0.29, 0.717) is 6.54 Å². The second-order valence-corrected chi connectivity index (χ2v) is 4.21. The van der Waals surface area contributed by atoms with Gasteiger partial charge in [-0.2, -0.15) is 0 Å². The maximum absolute atomic E-state index is 9.81. The van der Waals surface area contributed by atoms with Gasteiger partial charge in [0, 0.05) is 12.0 Å². The number of aromatic hydroxyl groups is 1. The average molecular weight is 203 g/mol. The van der Waals surface area contributed by atoms with Crippen LogP contribution in [0.5, 0.6) is 5.88 Å². The summed E-state index contributed by atoms with van der Waals surface area (Å²) in [5.41, 5.74) is 6.69. The van der Waals surface area contributed by atoms with Crippen molar-refractivity contribution >= 4 is 5.52 Å². The third-order valence-corrected chi connectivity index (χ3v) is 3.25. The minimum Gasteiger partial charge on any atom is -0.494 e. The van der Waals surface area contributed by atoms with E-state index in [4.69, 9.17) is 5.73 Å². The third-order valence-electron chi connectivity index (χ3n) is 3.25. The van der Waals surface area contributed by atoms with Crippen LogP contribution in [0.3, 0.4) is 0 Å². The lowest BCUT2D eigenvalue weighted by Crippen LogP contribution is -2.22. The summed E-state index contributed by atoms with van der Waals surface area (Å²) in [7, 11) is 0. The molecule has 4 heteroatoms. The van der Waals surface area contributed by atoms with E-state index in [0.717, 1.165) is 24.2 Å². The zero-order chi connectivity index (χ0) is 10.5. The molecule has 1 saturated carbocycles. The summed E-state index contributed by atoms with van der Waals surface area (Å²) >= 11 is 0. The number of hydrogen-bond donors (Lipinski definition) is 2. The number of aromatic nitrogens is 2. The zero-order valence-corrected chi connectivity index (χ0v) is 8.35. The standard InChI is InChI=1S/C11H13N3O/c12-7-11(4-5-11)10-13-6-8-2-1-3-9(15)14(8)10/h1-3,6,15H,4-5,7,12H2. The molecule has 1 aliphatic rings. The normalized spacial score (nSPS) is 18.2. The molecule has 0 amide bonds. The van der Waals surface area contributed by atoms with Crippen LogP contribution in [0, 0.1) is 0 Å². The van der Waals surface area contributed by atoms with E-state index in [1.165, 1.54) is 0 Å². The highest BCUT2D eigenvalue weighted by Crippen LogP contribution is 2.47. The van der Waals surface area contributed by atoms with Crippen molar-refractivity contribution in [2.24, 2.45) is 5.73 Å². The first-order valence-electron chi connectivity index (χ1n) is 5.13. The van der Waals surface area contributed by atoms with Crippen molar-refractivity contribution in [3.63, 3.8) is 0 Å². The zero-order valence-electron chi connectivity index (χ0n) is 8.35. The summed E-state index contributed by atoms with van der Waals surface area (Å²) < 4.78 is 1.79. The van der Waals surface area contributed by atoms with Gasteiger partial charge in [0.2, 0.25) is 0 Å². The first-order chi connectivity index (χ1) is 7.27. The van der Waals surface area contributed by atoms with Crippen molar-refractivity contribution in [2.75, 3.05) is 6.54 Å². The van der Waals surface area contributed by atoms with Crippen LogP contribution in [-0.2, 0) is 5.41 Å². The summed E-state index contributed by atoms with van der Waals surface area (Å²) in [5.74, 6) is 1.14. The minimum absolute atomic E-state index is 0.00521. The van der Waals surface area contributed by atoms with Gasteiger partial charge in [-0.15, -0.1) is 0 Å². The Bertz CT molecular complexity index is 514. The smallest absolute Gasteiger partial charge is 0.197 e. The summed E-state index contributed by atoms with van der Waals surface area (Å²) in [6.07, 6.45) is 3.92. The highest BCUT2D eigenvalue weighted by atomic mass is 16.3. The second kappa shape index (κ2) is 2.73. The molecule has 0 bridgehead atoms. The molecule has 1 fully saturated rings. The fraction of sp³-hybridized carbons (Fsp3) is 0.364. The molecule has 0 spiro atoms. The van der Waals surface area contributed by atoms with Crippen molar-refractivity contribution in [2.45, 2.75) is 18.3 Å². The van der Waals surface area contributed by atoms with Crippen LogP contribution in [0.2, 0.25) is 0 Å². The predicted octanol–water partition coefficient (Wildman–Crippen LogP) is 1.03. The number of nitrogens with zero attached hydrogens (tertiary/aromatic N) is 2. The summed E-state index contributed by atoms with van der Waals surface area (Å²) in [4.78, 5) is 4.38. The van der Waals surface area contributed by atoms with Crippen LogP contribution < -0.4 is 5.73 Å². The molecule has 1 aliphatic carbocycles. The monoisotopic (exact) mass is 203 g/mol. The molecule has 0 aliphatic heterocycles. The Labute approximate surface area is 87.4 Å². The largest absolute Gasteiger partial charge is 0.494 e. The van der Waals surface area contributed by atoms with Crippen molar-refractivity contribution in [3.8, 4) is 5.88 Å². The van der Waals surface area contributed by atoms with E-state index >= 15 is 0 Å². The van der Waals surface area contributed by atoms with E-state index in [9.17, 15) is 5.11 Å². The van der Waals surface area contributed by atoms with E-state index < -0.39 is 0 Å². The Hall–Kier alpha value is -1.55. The summed E-state index contributed by atoms with van der Waals surface area (Å²) in [6, 6.07) is 5.42. The van der Waals surface area contributed by atoms with Gasteiger partial charge >= 0.3 is 0 Å². The van der Waals surface area contributed by atoms with Gasteiger partial charge in [-0.05, 0) is 25.0 Å². The summed E-state index contributed by atoms with van der Waals surface area (Å²) in [6.45, 7) is 0.598. The minimum atomic E-state index is 0.00521. The van der Waals surface area contributed by atoms with E-state index in [1.807, 2.05) is 12.1 Å². The number of nitrogens with two attached hydrogens (primary N) is 1. The highest BCUT2D eigenvalue weighted by molar-refractivity contribution is 5.50. The molecule has 15 heavy (non-hydrogen) atoms. The van der Waals surface area contributed by atoms with Crippen molar-refractivity contribution in [1.29, 1.82) is 0 Å². The van der Waals surface area contributed by atoms with Crippen LogP contribution in [-0.4, -0.2) is 21.0 Å². The molecule has 0 saturated heterocycles. The Balaban J connectivity index is 2.28. The Morgan fingerprint density at radius 2 is 2.27 bits per heavy atom. The lowest BCUT2D eigenvalue weighted by molar-refractivity contribution is 0.438. The lowest BCUT2D eigenvalue weighted by atomic mass is 10.1. The molecule has 0 aromatic carbocycles. The van der Waals surface area contributed by atoms with Gasteiger partial charge in [0.05, 0.1) is 11.7 Å². The molecule has 2 aromatic heterocycles. The molecular formula is C11H13N3O. The topological polar surface area (TPSA) is 63.5 Å². The van der Waals surface area contributed by atoms with Crippen molar-refractivity contribution in [3.05, 3.63) is 30.2 Å². The van der Waals surface area contributed by atoms with Crippen molar-refractivity contribution < 1.29 is 5.11 Å². The van der Waals surface area contributed by atoms with Crippen LogP contribution in [0.1, 0.15) is 18.7 Å². The van der Waals surface area contributed by atoms with Crippen molar-refractivity contribution in [1.82, 2.24) is 9.38 Å². The first kappa shape index (κ1) is 8.73. The molecule has 0 unspecified atom stereocenters. The van der Waals surface area contributed by atoms with Gasteiger partial charge in [0.1, 0.15) is 5.82 Å². The maximum Gasteiger partial charge on any atom is 0.197 e. The second-order valence-electron chi connectivity index (χ2n) is 4.21. The number of pyridine rings is 1. The SMILES string of the molecule is NCC1(c2ncc3cccc(O)n23)CC1. The molecule has 0 atom stereocenters. The lowest BCUT2D eigenvalue weighted by Gasteiger charge is -2.11. The molecule has 3 rings (SSSR count). The molecule has 78 valence electrons. The number of rotatable bonds is 2. The van der Waals surface area contributed by atoms with Gasteiger partial charge in [-0.3, -0.25) is 4.40 Å². The maximum atomic E-state index is 9.81. The van der Waals surface area contributed by atoms with E-state index in [2.05, 4.69) is 4.98 Å². The Morgan fingerprint density at radius 3 is 2.93 bits per heavy atom. The summed E-state index contributed by atoms with van der Waals surface area (Å²) in [5, 5.41) is 9.81. The number of imidazole rings is 1. The molecular weight excluding hydrogens is 190 g/mol. The quantitative estimate of drug-likeness (QED) is 0.766. The van der Waals surface area contributed by atoms with Gasteiger partial charge in [0.15, 0.2) is 5.88 Å². The van der Waals surface area contributed by atoms with Gasteiger partial charge < -0.3 is 10.8 Å².